The third kappa shape index (κ3) is 3.93. The number of aromatic nitrogens is 3. The molecule has 1 aliphatic rings. The lowest BCUT2D eigenvalue weighted by Crippen LogP contribution is -2.04. The fraction of sp³-hybridized carbons (Fsp3) is 0. The van der Waals surface area contributed by atoms with E-state index in [2.05, 4.69) is 156 Å². The van der Waals surface area contributed by atoms with Crippen LogP contribution in [0.4, 0.5) is 0 Å². The summed E-state index contributed by atoms with van der Waals surface area (Å²) in [5, 5.41) is 4.98. The number of benzene rings is 7. The highest BCUT2D eigenvalue weighted by Crippen LogP contribution is 2.50. The molecule has 1 aliphatic carbocycles. The van der Waals surface area contributed by atoms with Crippen LogP contribution >= 0.6 is 0 Å². The zero-order chi connectivity index (χ0) is 30.9. The van der Waals surface area contributed by atoms with Crippen LogP contribution in [-0.2, 0) is 0 Å². The predicted octanol–water partition coefficient (Wildman–Crippen LogP) is 11.4. The van der Waals surface area contributed by atoms with Crippen LogP contribution in [0, 0.1) is 0 Å². The molecule has 0 saturated heterocycles. The second-order valence-electron chi connectivity index (χ2n) is 12.2. The SMILES string of the molecule is c1ccc(-c2cc3c4c(ccc5c4c4c(cccc4n5-c4nc(-c5ccccc5)cc(-c5ccccc5)n4)-c4ccccc4-3)c2)cc1. The van der Waals surface area contributed by atoms with Gasteiger partial charge in [0.25, 0.3) is 0 Å². The van der Waals surface area contributed by atoms with E-state index in [1.165, 1.54) is 54.9 Å². The largest absolute Gasteiger partial charge is 0.278 e. The molecule has 2 heterocycles. The number of nitrogens with zero attached hydrogens (tertiary/aromatic N) is 3. The minimum atomic E-state index is 0.665. The van der Waals surface area contributed by atoms with Gasteiger partial charge in [-0.05, 0) is 74.5 Å². The molecule has 2 aromatic heterocycles. The van der Waals surface area contributed by atoms with Crippen LogP contribution in [0.3, 0.4) is 0 Å². The summed E-state index contributed by atoms with van der Waals surface area (Å²) in [6.45, 7) is 0. The van der Waals surface area contributed by atoms with E-state index in [0.717, 1.165) is 33.5 Å². The lowest BCUT2D eigenvalue weighted by molar-refractivity contribution is 0.996. The average Bonchev–Trinajstić information content (AvgIpc) is 3.43. The standard InChI is InChI=1S/C44H27N3/c1-4-13-28(14-5-1)32-25-31-23-24-40-43-41(31)36(26-32)34-20-11-10-19-33(34)35-21-12-22-39(42(35)43)47(40)44-45-37(29-15-6-2-7-16-29)27-38(46-44)30-17-8-3-9-18-30/h1-27H. The normalized spacial score (nSPS) is 11.8. The smallest absolute Gasteiger partial charge is 0.235 e. The van der Waals surface area contributed by atoms with Crippen LogP contribution in [0.5, 0.6) is 0 Å². The van der Waals surface area contributed by atoms with E-state index in [0.29, 0.717) is 5.95 Å². The van der Waals surface area contributed by atoms with Gasteiger partial charge in [0.2, 0.25) is 5.95 Å². The second kappa shape index (κ2) is 10.1. The molecule has 7 aromatic carbocycles. The summed E-state index contributed by atoms with van der Waals surface area (Å²) >= 11 is 0. The van der Waals surface area contributed by atoms with Gasteiger partial charge in [-0.15, -0.1) is 0 Å². The third-order valence-corrected chi connectivity index (χ3v) is 9.54. The molecule has 0 bridgehead atoms. The maximum Gasteiger partial charge on any atom is 0.235 e. The molecule has 0 atom stereocenters. The summed E-state index contributed by atoms with van der Waals surface area (Å²) in [5.41, 5.74) is 13.5. The maximum absolute atomic E-state index is 5.27. The molecule has 3 heteroatoms. The molecular weight excluding hydrogens is 571 g/mol. The lowest BCUT2D eigenvalue weighted by atomic mass is 9.90. The van der Waals surface area contributed by atoms with Crippen molar-refractivity contribution >= 4 is 32.6 Å². The highest BCUT2D eigenvalue weighted by atomic mass is 15.2. The Morgan fingerprint density at radius 2 is 0.894 bits per heavy atom. The van der Waals surface area contributed by atoms with Crippen molar-refractivity contribution in [3.8, 4) is 61.8 Å². The molecule has 218 valence electrons. The molecule has 0 spiro atoms. The van der Waals surface area contributed by atoms with Gasteiger partial charge in [0, 0.05) is 21.9 Å². The van der Waals surface area contributed by atoms with E-state index in [1.807, 2.05) is 12.1 Å². The van der Waals surface area contributed by atoms with Crippen molar-refractivity contribution in [2.45, 2.75) is 0 Å². The minimum Gasteiger partial charge on any atom is -0.278 e. The molecule has 10 rings (SSSR count). The molecular formula is C44H27N3. The van der Waals surface area contributed by atoms with Crippen LogP contribution in [0.1, 0.15) is 0 Å². The van der Waals surface area contributed by atoms with Crippen LogP contribution < -0.4 is 0 Å². The highest BCUT2D eigenvalue weighted by Gasteiger charge is 2.26. The van der Waals surface area contributed by atoms with E-state index >= 15 is 0 Å². The predicted molar refractivity (Wildman–Crippen MR) is 195 cm³/mol. The first kappa shape index (κ1) is 26.0. The van der Waals surface area contributed by atoms with Gasteiger partial charge in [0.1, 0.15) is 0 Å². The summed E-state index contributed by atoms with van der Waals surface area (Å²) in [7, 11) is 0. The van der Waals surface area contributed by atoms with E-state index < -0.39 is 0 Å². The fourth-order valence-electron chi connectivity index (χ4n) is 7.46. The van der Waals surface area contributed by atoms with Crippen molar-refractivity contribution in [3.63, 3.8) is 0 Å². The average molecular weight is 598 g/mol. The molecule has 9 aromatic rings. The molecule has 0 saturated carbocycles. The van der Waals surface area contributed by atoms with Crippen molar-refractivity contribution in [2.75, 3.05) is 0 Å². The summed E-state index contributed by atoms with van der Waals surface area (Å²) < 4.78 is 2.27. The van der Waals surface area contributed by atoms with Crippen LogP contribution in [0.25, 0.3) is 94.4 Å². The molecule has 0 N–H and O–H groups in total. The van der Waals surface area contributed by atoms with Gasteiger partial charge in [-0.1, -0.05) is 133 Å². The Morgan fingerprint density at radius 3 is 1.55 bits per heavy atom. The van der Waals surface area contributed by atoms with Crippen molar-refractivity contribution in [3.05, 3.63) is 164 Å². The number of hydrogen-bond acceptors (Lipinski definition) is 2. The summed E-state index contributed by atoms with van der Waals surface area (Å²) in [6, 6.07) is 58.3. The summed E-state index contributed by atoms with van der Waals surface area (Å²) in [6.07, 6.45) is 0. The van der Waals surface area contributed by atoms with Crippen molar-refractivity contribution < 1.29 is 0 Å². The lowest BCUT2D eigenvalue weighted by Gasteiger charge is -2.15. The van der Waals surface area contributed by atoms with Gasteiger partial charge >= 0.3 is 0 Å². The Morgan fingerprint density at radius 1 is 0.340 bits per heavy atom. The van der Waals surface area contributed by atoms with E-state index in [9.17, 15) is 0 Å². The number of fused-ring (bicyclic) bond motifs is 3. The van der Waals surface area contributed by atoms with E-state index in [1.54, 1.807) is 0 Å². The Hall–Kier alpha value is -6.32. The maximum atomic E-state index is 5.27. The van der Waals surface area contributed by atoms with Crippen molar-refractivity contribution in [2.24, 2.45) is 0 Å². The highest BCUT2D eigenvalue weighted by molar-refractivity contribution is 6.30. The summed E-state index contributed by atoms with van der Waals surface area (Å²) in [4.78, 5) is 10.5. The first-order valence-corrected chi connectivity index (χ1v) is 16.0. The zero-order valence-electron chi connectivity index (χ0n) is 25.4. The van der Waals surface area contributed by atoms with E-state index in [-0.39, 0.29) is 0 Å². The zero-order valence-corrected chi connectivity index (χ0v) is 25.4. The van der Waals surface area contributed by atoms with E-state index in [4.69, 9.17) is 9.97 Å². The van der Waals surface area contributed by atoms with Gasteiger partial charge in [0.05, 0.1) is 22.4 Å². The van der Waals surface area contributed by atoms with Crippen LogP contribution in [0.2, 0.25) is 0 Å². The third-order valence-electron chi connectivity index (χ3n) is 9.54. The molecule has 3 nitrogen and oxygen atoms in total. The Labute approximate surface area is 272 Å². The van der Waals surface area contributed by atoms with Gasteiger partial charge < -0.3 is 0 Å². The van der Waals surface area contributed by atoms with Gasteiger partial charge in [0.15, 0.2) is 0 Å². The number of hydrogen-bond donors (Lipinski definition) is 0. The molecule has 47 heavy (non-hydrogen) atoms. The Balaban J connectivity index is 1.35. The van der Waals surface area contributed by atoms with Crippen LogP contribution in [-0.4, -0.2) is 14.5 Å². The Kier molecular flexibility index (Phi) is 5.57. The van der Waals surface area contributed by atoms with Crippen molar-refractivity contribution in [1.29, 1.82) is 0 Å². The first-order valence-electron chi connectivity index (χ1n) is 16.0. The van der Waals surface area contributed by atoms with Crippen molar-refractivity contribution in [1.82, 2.24) is 14.5 Å². The summed E-state index contributed by atoms with van der Waals surface area (Å²) in [5.74, 6) is 0.665. The number of rotatable bonds is 4. The van der Waals surface area contributed by atoms with Gasteiger partial charge in [-0.25, -0.2) is 9.97 Å². The Bertz CT molecular complexity index is 2600. The molecule has 0 amide bonds. The molecule has 0 fully saturated rings. The van der Waals surface area contributed by atoms with Gasteiger partial charge in [-0.2, -0.15) is 0 Å². The quantitative estimate of drug-likeness (QED) is 0.202. The monoisotopic (exact) mass is 597 g/mol. The first-order chi connectivity index (χ1) is 23.3. The second-order valence-corrected chi connectivity index (χ2v) is 12.2. The fourth-order valence-corrected chi connectivity index (χ4v) is 7.46. The molecule has 0 aliphatic heterocycles. The van der Waals surface area contributed by atoms with Gasteiger partial charge in [-0.3, -0.25) is 4.57 Å². The molecule has 0 radical (unpaired) electrons. The topological polar surface area (TPSA) is 30.7 Å². The van der Waals surface area contributed by atoms with Crippen LogP contribution in [0.15, 0.2) is 164 Å². The minimum absolute atomic E-state index is 0.665. The molecule has 0 unspecified atom stereocenters.